The number of nitrogens with zero attached hydrogens (tertiary/aromatic N) is 12. The Kier molecular flexibility index (Phi) is 10.7. The monoisotopic (exact) mass is 880 g/mol. The first-order valence-electron chi connectivity index (χ1n) is 21.5. The molecule has 0 spiro atoms. The van der Waals surface area contributed by atoms with Crippen LogP contribution in [0.4, 0.5) is 0 Å². The normalized spacial score (nSPS) is 12.7. The third-order valence-electron chi connectivity index (χ3n) is 11.5. The second kappa shape index (κ2) is 16.4. The molecule has 0 saturated carbocycles. The van der Waals surface area contributed by atoms with Crippen LogP contribution >= 0.6 is 0 Å². The number of aromatic nitrogens is 12. The summed E-state index contributed by atoms with van der Waals surface area (Å²) in [6, 6.07) is 23.0. The molecule has 0 N–H and O–H groups in total. The minimum absolute atomic E-state index is 0.264. The lowest BCUT2D eigenvalue weighted by Crippen LogP contribution is -2.13. The Labute approximate surface area is 381 Å². The molecule has 4 aromatic carbocycles. The van der Waals surface area contributed by atoms with Crippen LogP contribution in [0.5, 0.6) is 11.5 Å². The van der Waals surface area contributed by atoms with Gasteiger partial charge in [0, 0.05) is 33.4 Å². The average molecular weight is 881 g/mol. The van der Waals surface area contributed by atoms with E-state index < -0.39 is 11.9 Å². The number of fused-ring (bicyclic) bond motifs is 24. The first kappa shape index (κ1) is 43.1. The van der Waals surface area contributed by atoms with Crippen LogP contribution in [-0.2, 0) is 20.4 Å². The molecule has 5 heterocycles. The number of esters is 2. The van der Waals surface area contributed by atoms with E-state index in [2.05, 4.69) is 107 Å². The lowest BCUT2D eigenvalue weighted by Gasteiger charge is -2.21. The molecule has 0 unspecified atom stereocenters. The minimum Gasteiger partial charge on any atom is -0.423 e. The number of rotatable bonds is 4. The molecule has 0 amide bonds. The number of ether oxygens (including phenoxy) is 2. The lowest BCUT2D eigenvalue weighted by molar-refractivity contribution is -0.131. The predicted octanol–water partition coefficient (Wildman–Crippen LogP) is 9.33. The standard InChI is InChI=1S/C50H48N12O4/c1-11-29(3)47(63)65-41-15-31-13-32(16-41)44-26-60(56-52-44)38-20-36(50(8,9)10)22-40(24-38)62-28-46(54-58-62)34-14-33(17-42(18-34)66-48(64)30(4)12-2)45-27-61(57-53-45)39-21-35(49(5,6)7)19-37(23-39)59-25-43(31)51-55-59/h11-28H,1-10H3/b29-11+,30-12+. The van der Waals surface area contributed by atoms with Gasteiger partial charge in [-0.25, -0.2) is 28.3 Å². The molecule has 16 heteroatoms. The van der Waals surface area contributed by atoms with Gasteiger partial charge in [-0.15, -0.1) is 20.4 Å². The Morgan fingerprint density at radius 3 is 0.955 bits per heavy atom. The van der Waals surface area contributed by atoms with E-state index in [1.54, 1.807) is 82.8 Å². The van der Waals surface area contributed by atoms with Crippen LogP contribution in [-0.4, -0.2) is 71.9 Å². The van der Waals surface area contributed by atoms with E-state index in [4.69, 9.17) is 9.47 Å². The van der Waals surface area contributed by atoms with Gasteiger partial charge in [-0.3, -0.25) is 0 Å². The highest BCUT2D eigenvalue weighted by Crippen LogP contribution is 2.35. The molecule has 9 rings (SSSR count). The van der Waals surface area contributed by atoms with Gasteiger partial charge in [0.05, 0.1) is 47.5 Å². The number of benzene rings is 4. The van der Waals surface area contributed by atoms with E-state index in [1.807, 2.05) is 49.1 Å². The fraction of sp³-hybridized carbons (Fsp3) is 0.240. The Balaban J connectivity index is 1.27. The van der Waals surface area contributed by atoms with Crippen molar-refractivity contribution in [3.05, 3.63) is 132 Å². The molecule has 4 aromatic heterocycles. The van der Waals surface area contributed by atoms with Gasteiger partial charge in [0.15, 0.2) is 0 Å². The maximum atomic E-state index is 13.1. The second-order valence-electron chi connectivity index (χ2n) is 18.4. The highest BCUT2D eigenvalue weighted by Gasteiger charge is 2.23. The van der Waals surface area contributed by atoms with Crippen molar-refractivity contribution in [1.29, 1.82) is 0 Å². The number of hydrogen-bond donors (Lipinski definition) is 0. The SMILES string of the molecule is C/C=C(\C)C(=O)Oc1cc2cc(c1)-c1cn(nn1)-c1cc(cc(C(C)(C)C)c1)-n1cc(nn1)-c1cc(OC(=O)/C(C)=C/C)cc(c1)-c1cn(nn1)-c1cc(cc(C(C)(C)C)c1)-n1cc-2nn1. The van der Waals surface area contributed by atoms with Gasteiger partial charge in [-0.2, -0.15) is 0 Å². The molecule has 0 atom stereocenters. The van der Waals surface area contributed by atoms with Crippen molar-refractivity contribution in [1.82, 2.24) is 60.0 Å². The summed E-state index contributed by atoms with van der Waals surface area (Å²) in [5.74, 6) is -0.344. The van der Waals surface area contributed by atoms with Crippen molar-refractivity contribution < 1.29 is 19.1 Å². The quantitative estimate of drug-likeness (QED) is 0.0932. The highest BCUT2D eigenvalue weighted by molar-refractivity contribution is 5.90. The van der Waals surface area contributed by atoms with Crippen molar-refractivity contribution in [2.75, 3.05) is 0 Å². The Morgan fingerprint density at radius 2 is 0.712 bits per heavy atom. The van der Waals surface area contributed by atoms with Crippen molar-refractivity contribution in [2.45, 2.75) is 80.1 Å². The van der Waals surface area contributed by atoms with Crippen LogP contribution in [0, 0.1) is 0 Å². The Bertz CT molecular complexity index is 2900. The first-order valence-corrected chi connectivity index (χ1v) is 21.5. The van der Waals surface area contributed by atoms with Crippen molar-refractivity contribution >= 4 is 11.9 Å². The summed E-state index contributed by atoms with van der Waals surface area (Å²) in [5.41, 5.74) is 10.0. The maximum absolute atomic E-state index is 13.1. The Hall–Kier alpha value is -8.14. The lowest BCUT2D eigenvalue weighted by atomic mass is 9.86. The van der Waals surface area contributed by atoms with E-state index in [9.17, 15) is 9.59 Å². The molecule has 1 aliphatic heterocycles. The second-order valence-corrected chi connectivity index (χ2v) is 18.4. The van der Waals surface area contributed by atoms with E-state index >= 15 is 0 Å². The maximum Gasteiger partial charge on any atom is 0.338 e. The van der Waals surface area contributed by atoms with E-state index in [0.717, 1.165) is 33.9 Å². The van der Waals surface area contributed by atoms with Gasteiger partial charge in [0.2, 0.25) is 0 Å². The average Bonchev–Trinajstić information content (AvgIpc) is 4.15. The fourth-order valence-electron chi connectivity index (χ4n) is 7.19. The topological polar surface area (TPSA) is 175 Å². The van der Waals surface area contributed by atoms with Crippen LogP contribution < -0.4 is 9.47 Å². The van der Waals surface area contributed by atoms with Crippen molar-refractivity contribution in [3.63, 3.8) is 0 Å². The molecular weight excluding hydrogens is 833 g/mol. The molecule has 16 bridgehead atoms. The fourth-order valence-corrected chi connectivity index (χ4v) is 7.19. The zero-order valence-electron chi connectivity index (χ0n) is 38.4. The first-order chi connectivity index (χ1) is 31.4. The summed E-state index contributed by atoms with van der Waals surface area (Å²) >= 11 is 0. The van der Waals surface area contributed by atoms with Gasteiger partial charge in [-0.05, 0) is 122 Å². The summed E-state index contributed by atoms with van der Waals surface area (Å²) < 4.78 is 18.6. The molecule has 0 fully saturated rings. The van der Waals surface area contributed by atoms with Gasteiger partial charge in [-0.1, -0.05) is 74.5 Å². The molecule has 1 aliphatic rings. The molecular formula is C50H48N12O4. The van der Waals surface area contributed by atoms with Crippen LogP contribution in [0.3, 0.4) is 0 Å². The van der Waals surface area contributed by atoms with Crippen molar-refractivity contribution in [2.24, 2.45) is 0 Å². The largest absolute Gasteiger partial charge is 0.423 e. The number of carbonyl (C=O) groups excluding carboxylic acids is 2. The van der Waals surface area contributed by atoms with Gasteiger partial charge in [0.1, 0.15) is 34.3 Å². The van der Waals surface area contributed by atoms with Crippen LogP contribution in [0.2, 0.25) is 0 Å². The van der Waals surface area contributed by atoms with E-state index in [-0.39, 0.29) is 10.8 Å². The minimum atomic E-state index is -0.478. The van der Waals surface area contributed by atoms with Crippen molar-refractivity contribution in [3.8, 4) is 79.3 Å². The predicted molar refractivity (Wildman–Crippen MR) is 249 cm³/mol. The third-order valence-corrected chi connectivity index (χ3v) is 11.5. The van der Waals surface area contributed by atoms with E-state index in [0.29, 0.717) is 67.7 Å². The molecule has 332 valence electrons. The van der Waals surface area contributed by atoms with Gasteiger partial charge >= 0.3 is 11.9 Å². The smallest absolute Gasteiger partial charge is 0.338 e. The molecule has 8 aromatic rings. The van der Waals surface area contributed by atoms with Gasteiger partial charge < -0.3 is 9.47 Å². The highest BCUT2D eigenvalue weighted by atomic mass is 16.5. The molecule has 0 aliphatic carbocycles. The number of carbonyl (C=O) groups is 2. The molecule has 66 heavy (non-hydrogen) atoms. The van der Waals surface area contributed by atoms with Gasteiger partial charge in [0.25, 0.3) is 0 Å². The molecule has 0 radical (unpaired) electrons. The zero-order chi connectivity index (χ0) is 46.7. The van der Waals surface area contributed by atoms with Crippen LogP contribution in [0.25, 0.3) is 67.8 Å². The number of hydrogen-bond acceptors (Lipinski definition) is 12. The molecule has 16 nitrogen and oxygen atoms in total. The zero-order valence-corrected chi connectivity index (χ0v) is 38.4. The summed E-state index contributed by atoms with van der Waals surface area (Å²) in [5, 5.41) is 36.8. The summed E-state index contributed by atoms with van der Waals surface area (Å²) in [6.45, 7) is 19.8. The van der Waals surface area contributed by atoms with Crippen LogP contribution in [0.1, 0.15) is 80.4 Å². The third kappa shape index (κ3) is 8.59. The number of allylic oxidation sites excluding steroid dienone is 2. The summed E-state index contributed by atoms with van der Waals surface area (Å²) in [6.07, 6.45) is 10.7. The Morgan fingerprint density at radius 1 is 0.439 bits per heavy atom. The van der Waals surface area contributed by atoms with Crippen LogP contribution in [0.15, 0.2) is 121 Å². The summed E-state index contributed by atoms with van der Waals surface area (Å²) in [4.78, 5) is 26.2. The summed E-state index contributed by atoms with van der Waals surface area (Å²) in [7, 11) is 0. The molecule has 0 saturated heterocycles. The van der Waals surface area contributed by atoms with E-state index in [1.165, 1.54) is 0 Å².